The number of hydrogen-bond acceptors (Lipinski definition) is 7. The minimum Gasteiger partial charge on any atom is -0.490 e. The Morgan fingerprint density at radius 1 is 0.909 bits per heavy atom. The zero-order chi connectivity index (χ0) is 24.2. The summed E-state index contributed by atoms with van der Waals surface area (Å²) in [4.78, 5) is 48.3. The maximum atomic E-state index is 12.4. The van der Waals surface area contributed by atoms with Gasteiger partial charge in [0, 0.05) is 11.3 Å². The van der Waals surface area contributed by atoms with Gasteiger partial charge in [-0.15, -0.1) is 0 Å². The molecule has 0 fully saturated rings. The van der Waals surface area contributed by atoms with Gasteiger partial charge in [0.1, 0.15) is 6.54 Å². The number of esters is 1. The highest BCUT2D eigenvalue weighted by atomic mass is 16.5. The number of para-hydroxylation sites is 1. The third kappa shape index (κ3) is 8.17. The number of ether oxygens (including phenoxy) is 3. The molecular weight excluding hydrogens is 430 g/mol. The number of carbonyl (C=O) groups excluding carboxylic acids is 4. The molecule has 33 heavy (non-hydrogen) atoms. The number of anilines is 1. The molecule has 3 N–H and O–H groups in total. The van der Waals surface area contributed by atoms with Crippen LogP contribution in [-0.2, 0) is 14.3 Å². The lowest BCUT2D eigenvalue weighted by Crippen LogP contribution is -2.42. The zero-order valence-corrected chi connectivity index (χ0v) is 18.7. The minimum absolute atomic E-state index is 0.262. The van der Waals surface area contributed by atoms with E-state index in [9.17, 15) is 19.2 Å². The average Bonchev–Trinajstić information content (AvgIpc) is 2.79. The third-order valence-corrected chi connectivity index (χ3v) is 4.14. The van der Waals surface area contributed by atoms with E-state index in [4.69, 9.17) is 14.2 Å². The topological polar surface area (TPSA) is 132 Å². The molecule has 0 aromatic heterocycles. The molecule has 0 aliphatic heterocycles. The van der Waals surface area contributed by atoms with Gasteiger partial charge in [-0.25, -0.2) is 4.79 Å². The Hall–Kier alpha value is -4.08. The first-order valence-corrected chi connectivity index (χ1v) is 10.4. The first kappa shape index (κ1) is 25.2. The Bertz CT molecular complexity index is 979. The number of rotatable bonds is 10. The summed E-state index contributed by atoms with van der Waals surface area (Å²) < 4.78 is 15.9. The highest BCUT2D eigenvalue weighted by Gasteiger charge is 2.21. The van der Waals surface area contributed by atoms with Gasteiger partial charge in [0.15, 0.2) is 17.6 Å². The van der Waals surface area contributed by atoms with Gasteiger partial charge >= 0.3 is 12.0 Å². The summed E-state index contributed by atoms with van der Waals surface area (Å²) in [7, 11) is 0. The monoisotopic (exact) mass is 457 g/mol. The van der Waals surface area contributed by atoms with Gasteiger partial charge in [-0.3, -0.25) is 19.7 Å². The van der Waals surface area contributed by atoms with Crippen LogP contribution in [0.2, 0.25) is 0 Å². The Morgan fingerprint density at radius 3 is 2.24 bits per heavy atom. The fourth-order valence-corrected chi connectivity index (χ4v) is 2.64. The van der Waals surface area contributed by atoms with Crippen LogP contribution >= 0.6 is 0 Å². The lowest BCUT2D eigenvalue weighted by molar-refractivity contribution is -0.153. The molecule has 0 aliphatic rings. The van der Waals surface area contributed by atoms with Crippen LogP contribution in [0.5, 0.6) is 11.5 Å². The Morgan fingerprint density at radius 2 is 1.58 bits per heavy atom. The molecule has 0 spiro atoms. The van der Waals surface area contributed by atoms with Crippen LogP contribution in [0.15, 0.2) is 48.5 Å². The van der Waals surface area contributed by atoms with Crippen LogP contribution in [0.3, 0.4) is 0 Å². The van der Waals surface area contributed by atoms with E-state index in [1.54, 1.807) is 43.3 Å². The quantitative estimate of drug-likeness (QED) is 0.467. The predicted octanol–water partition coefficient (Wildman–Crippen LogP) is 2.49. The molecule has 10 nitrogen and oxygen atoms in total. The number of imide groups is 1. The first-order valence-electron chi connectivity index (χ1n) is 10.4. The molecular formula is C23H27N3O7. The summed E-state index contributed by atoms with van der Waals surface area (Å²) in [5.74, 6) is -1.27. The van der Waals surface area contributed by atoms with Gasteiger partial charge in [-0.1, -0.05) is 18.2 Å². The van der Waals surface area contributed by atoms with Gasteiger partial charge in [0.25, 0.3) is 11.8 Å². The second-order valence-electron chi connectivity index (χ2n) is 6.65. The Balaban J connectivity index is 1.82. The summed E-state index contributed by atoms with van der Waals surface area (Å²) in [6.45, 7) is 5.31. The molecule has 0 saturated heterocycles. The van der Waals surface area contributed by atoms with Crippen molar-refractivity contribution in [2.75, 3.05) is 25.1 Å². The van der Waals surface area contributed by atoms with Crippen molar-refractivity contribution >= 4 is 29.5 Å². The van der Waals surface area contributed by atoms with E-state index >= 15 is 0 Å². The molecule has 0 bridgehead atoms. The van der Waals surface area contributed by atoms with Crippen molar-refractivity contribution in [1.29, 1.82) is 0 Å². The van der Waals surface area contributed by atoms with E-state index < -0.39 is 36.5 Å². The fourth-order valence-electron chi connectivity index (χ4n) is 2.64. The van der Waals surface area contributed by atoms with Crippen molar-refractivity contribution in [1.82, 2.24) is 10.6 Å². The number of urea groups is 1. The van der Waals surface area contributed by atoms with E-state index in [0.29, 0.717) is 30.4 Å². The molecule has 0 saturated carbocycles. The predicted molar refractivity (Wildman–Crippen MR) is 120 cm³/mol. The number of amides is 4. The number of carbonyl (C=O) groups is 4. The molecule has 0 aliphatic carbocycles. The van der Waals surface area contributed by atoms with Crippen molar-refractivity contribution in [2.45, 2.75) is 26.9 Å². The molecule has 0 radical (unpaired) electrons. The second kappa shape index (κ2) is 12.7. The van der Waals surface area contributed by atoms with Crippen LogP contribution in [-0.4, -0.2) is 49.7 Å². The number of hydrogen-bond donors (Lipinski definition) is 3. The molecule has 1 atom stereocenters. The van der Waals surface area contributed by atoms with Crippen molar-refractivity contribution < 1.29 is 33.4 Å². The molecule has 2 aromatic rings. The molecule has 2 rings (SSSR count). The standard InChI is InChI=1S/C23H27N3O7/c1-4-31-18-12-11-16(13-19(18)32-5-2)22(29)24-14-20(27)33-15(3)21(28)26-23(30)25-17-9-7-6-8-10-17/h6-13,15H,4-5,14H2,1-3H3,(H,24,29)(H2,25,26,28,30). The summed E-state index contributed by atoms with van der Waals surface area (Å²) in [6, 6.07) is 12.4. The lowest BCUT2D eigenvalue weighted by Gasteiger charge is -2.14. The molecule has 10 heteroatoms. The van der Waals surface area contributed by atoms with Crippen LogP contribution < -0.4 is 25.4 Å². The molecule has 4 amide bonds. The van der Waals surface area contributed by atoms with Gasteiger partial charge in [0.05, 0.1) is 13.2 Å². The van der Waals surface area contributed by atoms with Gasteiger partial charge < -0.3 is 24.8 Å². The summed E-state index contributed by atoms with van der Waals surface area (Å²) >= 11 is 0. The van der Waals surface area contributed by atoms with Crippen LogP contribution in [0.1, 0.15) is 31.1 Å². The van der Waals surface area contributed by atoms with Crippen molar-refractivity contribution in [3.05, 3.63) is 54.1 Å². The lowest BCUT2D eigenvalue weighted by atomic mass is 10.2. The largest absolute Gasteiger partial charge is 0.490 e. The molecule has 176 valence electrons. The normalized spacial score (nSPS) is 11.0. The second-order valence-corrected chi connectivity index (χ2v) is 6.65. The highest BCUT2D eigenvalue weighted by Crippen LogP contribution is 2.28. The Kier molecular flexibility index (Phi) is 9.69. The maximum absolute atomic E-state index is 12.4. The van der Waals surface area contributed by atoms with E-state index in [0.717, 1.165) is 0 Å². The Labute approximate surface area is 191 Å². The molecule has 0 heterocycles. The van der Waals surface area contributed by atoms with Crippen LogP contribution in [0.25, 0.3) is 0 Å². The molecule has 1 unspecified atom stereocenters. The van der Waals surface area contributed by atoms with E-state index in [1.165, 1.54) is 19.1 Å². The fraction of sp³-hybridized carbons (Fsp3) is 0.304. The van der Waals surface area contributed by atoms with Gasteiger partial charge in [-0.05, 0) is 51.1 Å². The van der Waals surface area contributed by atoms with E-state index in [2.05, 4.69) is 16.0 Å². The zero-order valence-electron chi connectivity index (χ0n) is 18.7. The maximum Gasteiger partial charge on any atom is 0.326 e. The summed E-state index contributed by atoms with van der Waals surface area (Å²) in [5, 5.41) is 6.97. The smallest absolute Gasteiger partial charge is 0.326 e. The molecule has 2 aromatic carbocycles. The SMILES string of the molecule is CCOc1ccc(C(=O)NCC(=O)OC(C)C(=O)NC(=O)Nc2ccccc2)cc1OCC. The average molecular weight is 457 g/mol. The van der Waals surface area contributed by atoms with Gasteiger partial charge in [-0.2, -0.15) is 0 Å². The number of benzene rings is 2. The van der Waals surface area contributed by atoms with Crippen molar-refractivity contribution in [2.24, 2.45) is 0 Å². The van der Waals surface area contributed by atoms with E-state index in [1.807, 2.05) is 6.92 Å². The van der Waals surface area contributed by atoms with E-state index in [-0.39, 0.29) is 5.56 Å². The summed E-state index contributed by atoms with van der Waals surface area (Å²) in [6.07, 6.45) is -1.24. The van der Waals surface area contributed by atoms with Crippen molar-refractivity contribution in [3.63, 3.8) is 0 Å². The number of nitrogens with one attached hydrogen (secondary N) is 3. The first-order chi connectivity index (χ1) is 15.8. The highest BCUT2D eigenvalue weighted by molar-refractivity contribution is 6.03. The third-order valence-electron chi connectivity index (χ3n) is 4.14. The summed E-state index contributed by atoms with van der Waals surface area (Å²) in [5.41, 5.74) is 0.759. The van der Waals surface area contributed by atoms with Crippen LogP contribution in [0, 0.1) is 0 Å². The van der Waals surface area contributed by atoms with Crippen molar-refractivity contribution in [3.8, 4) is 11.5 Å². The van der Waals surface area contributed by atoms with Gasteiger partial charge in [0.2, 0.25) is 0 Å². The van der Waals surface area contributed by atoms with Crippen LogP contribution in [0.4, 0.5) is 10.5 Å². The minimum atomic E-state index is -1.24.